The second kappa shape index (κ2) is 5.83. The molecule has 1 amide bonds. The van der Waals surface area contributed by atoms with E-state index in [1.54, 1.807) is 12.1 Å². The van der Waals surface area contributed by atoms with Crippen molar-refractivity contribution in [3.8, 4) is 0 Å². The van der Waals surface area contributed by atoms with Crippen molar-refractivity contribution in [1.29, 1.82) is 0 Å². The average molecular weight is 262 g/mol. The van der Waals surface area contributed by atoms with Gasteiger partial charge in [0.05, 0.1) is 6.54 Å². The zero-order chi connectivity index (χ0) is 13.8. The first-order chi connectivity index (χ1) is 8.34. The third-order valence-corrected chi connectivity index (χ3v) is 2.29. The fourth-order valence-electron chi connectivity index (χ4n) is 1.20. The maximum atomic E-state index is 12.0. The highest BCUT2D eigenvalue weighted by Crippen LogP contribution is 2.19. The first kappa shape index (κ1) is 14.5. The smallest absolute Gasteiger partial charge is 0.382 e. The fourth-order valence-corrected chi connectivity index (χ4v) is 1.20. The van der Waals surface area contributed by atoms with E-state index in [4.69, 9.17) is 10.8 Å². The van der Waals surface area contributed by atoms with Crippen LogP contribution in [-0.4, -0.2) is 29.8 Å². The number of nitrogens with one attached hydrogen (secondary N) is 1. The molecule has 0 aromatic heterocycles. The molecule has 7 heteroatoms. The Hall–Kier alpha value is -1.60. The van der Waals surface area contributed by atoms with Crippen molar-refractivity contribution in [2.75, 3.05) is 6.54 Å². The molecule has 0 aliphatic carbocycles. The van der Waals surface area contributed by atoms with Crippen molar-refractivity contribution >= 4 is 5.91 Å². The highest BCUT2D eigenvalue weighted by molar-refractivity contribution is 5.94. The van der Waals surface area contributed by atoms with Gasteiger partial charge in [-0.3, -0.25) is 4.79 Å². The molecule has 1 aromatic rings. The number of carbonyl (C=O) groups excluding carboxylic acids is 1. The zero-order valence-electron chi connectivity index (χ0n) is 9.37. The molecule has 0 radical (unpaired) electrons. The molecular formula is C11H13F3N2O2. The Morgan fingerprint density at radius 2 is 1.89 bits per heavy atom. The molecule has 18 heavy (non-hydrogen) atoms. The Balaban J connectivity index is 2.55. The van der Waals surface area contributed by atoms with Crippen LogP contribution >= 0.6 is 0 Å². The molecule has 0 aliphatic heterocycles. The van der Waals surface area contributed by atoms with E-state index in [-0.39, 0.29) is 5.56 Å². The van der Waals surface area contributed by atoms with Gasteiger partial charge in [-0.25, -0.2) is 0 Å². The topological polar surface area (TPSA) is 75.4 Å². The zero-order valence-corrected chi connectivity index (χ0v) is 9.37. The molecule has 0 aliphatic rings. The number of nitrogens with two attached hydrogens (primary N) is 1. The van der Waals surface area contributed by atoms with Crippen LogP contribution in [0.2, 0.25) is 0 Å². The number of halogens is 3. The highest BCUT2D eigenvalue weighted by atomic mass is 19.4. The molecule has 1 unspecified atom stereocenters. The molecule has 0 saturated carbocycles. The third-order valence-electron chi connectivity index (χ3n) is 2.29. The van der Waals surface area contributed by atoms with Crippen LogP contribution in [-0.2, 0) is 6.54 Å². The number of benzene rings is 1. The lowest BCUT2D eigenvalue weighted by Crippen LogP contribution is -2.40. The standard InChI is InChI=1S/C11H13F3N2O2/c12-11(13,14)9(17)6-16-10(18)8-3-1-7(5-15)2-4-8/h1-4,9,17H,5-6,15H2,(H,16,18). The number of amides is 1. The number of hydrogen-bond acceptors (Lipinski definition) is 3. The molecule has 4 N–H and O–H groups in total. The molecule has 0 saturated heterocycles. The van der Waals surface area contributed by atoms with Crippen molar-refractivity contribution in [1.82, 2.24) is 5.32 Å². The van der Waals surface area contributed by atoms with Gasteiger partial charge in [-0.2, -0.15) is 13.2 Å². The Kier molecular flexibility index (Phi) is 4.69. The van der Waals surface area contributed by atoms with Gasteiger partial charge in [0.1, 0.15) is 0 Å². The maximum Gasteiger partial charge on any atom is 0.416 e. The van der Waals surface area contributed by atoms with Crippen molar-refractivity contribution in [3.63, 3.8) is 0 Å². The fraction of sp³-hybridized carbons (Fsp3) is 0.364. The lowest BCUT2D eigenvalue weighted by atomic mass is 10.1. The van der Waals surface area contributed by atoms with Gasteiger partial charge in [0.15, 0.2) is 6.10 Å². The average Bonchev–Trinajstić information content (AvgIpc) is 2.34. The Morgan fingerprint density at radius 1 is 1.33 bits per heavy atom. The Labute approximate surface area is 102 Å². The third kappa shape index (κ3) is 4.01. The summed E-state index contributed by atoms with van der Waals surface area (Å²) in [5.41, 5.74) is 6.38. The number of hydrogen-bond donors (Lipinski definition) is 3. The number of alkyl halides is 3. The van der Waals surface area contributed by atoms with Crippen LogP contribution in [0.4, 0.5) is 13.2 Å². The van der Waals surface area contributed by atoms with E-state index >= 15 is 0 Å². The predicted octanol–water partition coefficient (Wildman–Crippen LogP) is 0.798. The van der Waals surface area contributed by atoms with E-state index in [1.807, 2.05) is 5.32 Å². The highest BCUT2D eigenvalue weighted by Gasteiger charge is 2.38. The molecule has 1 rings (SSSR count). The molecule has 1 atom stereocenters. The lowest BCUT2D eigenvalue weighted by molar-refractivity contribution is -0.201. The minimum absolute atomic E-state index is 0.210. The number of aliphatic hydroxyl groups is 1. The van der Waals surface area contributed by atoms with Crippen LogP contribution in [0.1, 0.15) is 15.9 Å². The number of rotatable bonds is 4. The van der Waals surface area contributed by atoms with Crippen LogP contribution < -0.4 is 11.1 Å². The van der Waals surface area contributed by atoms with E-state index in [0.29, 0.717) is 6.54 Å². The van der Waals surface area contributed by atoms with E-state index in [2.05, 4.69) is 0 Å². The SMILES string of the molecule is NCc1ccc(C(=O)NCC(O)C(F)(F)F)cc1. The van der Waals surface area contributed by atoms with E-state index in [0.717, 1.165) is 5.56 Å². The van der Waals surface area contributed by atoms with Crippen LogP contribution in [0, 0.1) is 0 Å². The first-order valence-electron chi connectivity index (χ1n) is 5.16. The van der Waals surface area contributed by atoms with Crippen LogP contribution in [0.15, 0.2) is 24.3 Å². The van der Waals surface area contributed by atoms with E-state index in [1.165, 1.54) is 12.1 Å². The van der Waals surface area contributed by atoms with Crippen LogP contribution in [0.3, 0.4) is 0 Å². The summed E-state index contributed by atoms with van der Waals surface area (Å²) in [5.74, 6) is -0.679. The lowest BCUT2D eigenvalue weighted by Gasteiger charge is -2.15. The van der Waals surface area contributed by atoms with Gasteiger partial charge in [0.25, 0.3) is 5.91 Å². The molecule has 0 heterocycles. The predicted molar refractivity (Wildman–Crippen MR) is 58.7 cm³/mol. The number of aliphatic hydroxyl groups excluding tert-OH is 1. The summed E-state index contributed by atoms with van der Waals surface area (Å²) in [6.45, 7) is -0.560. The second-order valence-corrected chi connectivity index (χ2v) is 3.67. The van der Waals surface area contributed by atoms with E-state index in [9.17, 15) is 18.0 Å². The van der Waals surface area contributed by atoms with Gasteiger partial charge in [-0.15, -0.1) is 0 Å². The molecule has 1 aromatic carbocycles. The van der Waals surface area contributed by atoms with E-state index < -0.39 is 24.7 Å². The van der Waals surface area contributed by atoms with Crippen molar-refractivity contribution in [3.05, 3.63) is 35.4 Å². The van der Waals surface area contributed by atoms with Crippen LogP contribution in [0.25, 0.3) is 0 Å². The van der Waals surface area contributed by atoms with Crippen LogP contribution in [0.5, 0.6) is 0 Å². The normalized spacial score (nSPS) is 13.2. The minimum atomic E-state index is -4.74. The Bertz CT molecular complexity index is 404. The summed E-state index contributed by atoms with van der Waals surface area (Å²) >= 11 is 0. The maximum absolute atomic E-state index is 12.0. The molecular weight excluding hydrogens is 249 g/mol. The van der Waals surface area contributed by atoms with Crippen molar-refractivity contribution in [2.24, 2.45) is 5.73 Å². The van der Waals surface area contributed by atoms with Gasteiger partial charge >= 0.3 is 6.18 Å². The summed E-state index contributed by atoms with van der Waals surface area (Å²) in [6.07, 6.45) is -7.30. The van der Waals surface area contributed by atoms with Crippen molar-refractivity contribution in [2.45, 2.75) is 18.8 Å². The number of carbonyl (C=O) groups is 1. The summed E-state index contributed by atoms with van der Waals surface area (Å²) in [6, 6.07) is 6.12. The summed E-state index contributed by atoms with van der Waals surface area (Å²) in [5, 5.41) is 10.7. The first-order valence-corrected chi connectivity index (χ1v) is 5.16. The van der Waals surface area contributed by atoms with Gasteiger partial charge in [-0.1, -0.05) is 12.1 Å². The van der Waals surface area contributed by atoms with Gasteiger partial charge in [0, 0.05) is 12.1 Å². The van der Waals surface area contributed by atoms with Gasteiger partial charge in [0.2, 0.25) is 0 Å². The molecule has 100 valence electrons. The quantitative estimate of drug-likeness (QED) is 0.751. The van der Waals surface area contributed by atoms with Gasteiger partial charge < -0.3 is 16.2 Å². The summed E-state index contributed by atoms with van der Waals surface area (Å²) in [7, 11) is 0. The molecule has 4 nitrogen and oxygen atoms in total. The van der Waals surface area contributed by atoms with Gasteiger partial charge in [-0.05, 0) is 17.7 Å². The largest absolute Gasteiger partial charge is 0.416 e. The molecule has 0 spiro atoms. The molecule has 0 fully saturated rings. The summed E-state index contributed by atoms with van der Waals surface area (Å²) < 4.78 is 36.0. The molecule has 0 bridgehead atoms. The second-order valence-electron chi connectivity index (χ2n) is 3.67. The summed E-state index contributed by atoms with van der Waals surface area (Å²) in [4.78, 5) is 11.5. The minimum Gasteiger partial charge on any atom is -0.382 e. The van der Waals surface area contributed by atoms with Crippen molar-refractivity contribution < 1.29 is 23.1 Å². The Morgan fingerprint density at radius 3 is 2.33 bits per heavy atom. The monoisotopic (exact) mass is 262 g/mol.